The third kappa shape index (κ3) is 6.89. The van der Waals surface area contributed by atoms with Gasteiger partial charge < -0.3 is 23.2 Å². The van der Waals surface area contributed by atoms with Crippen LogP contribution in [-0.4, -0.2) is 51.9 Å². The molecule has 0 bridgehead atoms. The Morgan fingerprint density at radius 2 is 1.66 bits per heavy atom. The Morgan fingerprint density at radius 1 is 1.00 bits per heavy atom. The minimum absolute atomic E-state index is 0.0978. The van der Waals surface area contributed by atoms with Gasteiger partial charge in [0.15, 0.2) is 19.8 Å². The van der Waals surface area contributed by atoms with Gasteiger partial charge in [-0.25, -0.2) is 0 Å². The second-order valence-electron chi connectivity index (χ2n) is 12.5. The van der Waals surface area contributed by atoms with Gasteiger partial charge in [0.1, 0.15) is 0 Å². The summed E-state index contributed by atoms with van der Waals surface area (Å²) in [5.74, 6) is 3.50. The molecule has 1 fully saturated rings. The molecule has 38 heavy (non-hydrogen) atoms. The van der Waals surface area contributed by atoms with Crippen LogP contribution in [0.4, 0.5) is 0 Å². The third-order valence-corrected chi connectivity index (χ3v) is 12.5. The van der Waals surface area contributed by atoms with Crippen LogP contribution in [0.1, 0.15) is 67.4 Å². The average molecular weight is 540 g/mol. The molecule has 2 heterocycles. The van der Waals surface area contributed by atoms with Crippen molar-refractivity contribution in [1.29, 1.82) is 0 Å². The number of methoxy groups -OCH3 is 1. The van der Waals surface area contributed by atoms with Crippen LogP contribution in [0.15, 0.2) is 42.6 Å². The van der Waals surface area contributed by atoms with E-state index in [1.807, 2.05) is 36.6 Å². The van der Waals surface area contributed by atoms with Crippen LogP contribution in [0.25, 0.3) is 16.7 Å². The second kappa shape index (κ2) is 11.5. The molecular weight excluding hydrogens is 493 g/mol. The van der Waals surface area contributed by atoms with Gasteiger partial charge in [-0.1, -0.05) is 33.8 Å². The van der Waals surface area contributed by atoms with Gasteiger partial charge in [-0.3, -0.25) is 4.98 Å². The Hall–Kier alpha value is -2.13. The van der Waals surface area contributed by atoms with Gasteiger partial charge in [-0.2, -0.15) is 0 Å². The Balaban J connectivity index is 2.00. The lowest BCUT2D eigenvalue weighted by Gasteiger charge is -2.36. The monoisotopic (exact) mass is 539 g/mol. The lowest BCUT2D eigenvalue weighted by atomic mass is 9.85. The number of rotatable bonds is 10. The number of benzene rings is 1. The Labute approximate surface area is 231 Å². The van der Waals surface area contributed by atoms with Crippen molar-refractivity contribution in [3.63, 3.8) is 0 Å². The van der Waals surface area contributed by atoms with Gasteiger partial charge in [0.25, 0.3) is 0 Å². The molecule has 3 rings (SSSR count). The largest absolute Gasteiger partial charge is 0.493 e. The third-order valence-electron chi connectivity index (χ3n) is 8.07. The summed E-state index contributed by atoms with van der Waals surface area (Å²) in [4.78, 5) is 4.60. The smallest absolute Gasteiger partial charge is 0.487 e. The molecule has 0 atom stereocenters. The van der Waals surface area contributed by atoms with Gasteiger partial charge in [0.05, 0.1) is 31.5 Å². The molecule has 1 aliphatic rings. The molecule has 1 aromatic heterocycles. The summed E-state index contributed by atoms with van der Waals surface area (Å²) < 4.78 is 30.7. The van der Waals surface area contributed by atoms with E-state index < -0.39 is 26.6 Å². The van der Waals surface area contributed by atoms with Gasteiger partial charge in [0.2, 0.25) is 0 Å². The number of ether oxygens (including phenoxy) is 2. The molecule has 8 heteroatoms. The van der Waals surface area contributed by atoms with Crippen LogP contribution in [-0.2, 0) is 13.7 Å². The maximum Gasteiger partial charge on any atom is 0.487 e. The summed E-state index contributed by atoms with van der Waals surface area (Å²) in [5, 5.41) is 0.0978. The lowest BCUT2D eigenvalue weighted by molar-refractivity contribution is 0.00578. The first-order chi connectivity index (χ1) is 17.6. The Bertz CT molecular complexity index is 1120. The molecule has 1 saturated heterocycles. The van der Waals surface area contributed by atoms with Crippen molar-refractivity contribution in [2.45, 2.75) is 91.1 Å². The zero-order chi connectivity index (χ0) is 28.4. The number of pyridine rings is 1. The molecule has 0 radical (unpaired) electrons. The van der Waals surface area contributed by atoms with E-state index in [2.05, 4.69) is 79.5 Å². The highest BCUT2D eigenvalue weighted by molar-refractivity contribution is 6.74. The maximum absolute atomic E-state index is 6.66. The van der Waals surface area contributed by atoms with E-state index in [9.17, 15) is 0 Å². The molecule has 1 aliphatic heterocycles. The van der Waals surface area contributed by atoms with Crippen LogP contribution in [0.5, 0.6) is 11.5 Å². The summed E-state index contributed by atoms with van der Waals surface area (Å²) in [5.41, 5.74) is 3.13. The van der Waals surface area contributed by atoms with E-state index in [0.717, 1.165) is 40.2 Å². The number of aromatic nitrogens is 1. The molecule has 0 unspecified atom stereocenters. The molecule has 208 valence electrons. The van der Waals surface area contributed by atoms with Crippen LogP contribution in [0, 0.1) is 0 Å². The van der Waals surface area contributed by atoms with Gasteiger partial charge >= 0.3 is 7.12 Å². The van der Waals surface area contributed by atoms with Crippen molar-refractivity contribution < 1.29 is 23.2 Å². The molecule has 6 nitrogen and oxygen atoms in total. The predicted molar refractivity (Wildman–Crippen MR) is 159 cm³/mol. The molecular formula is C30H46BNO5Si. The van der Waals surface area contributed by atoms with E-state index in [1.54, 1.807) is 7.11 Å². The van der Waals surface area contributed by atoms with Crippen LogP contribution in [0.3, 0.4) is 0 Å². The van der Waals surface area contributed by atoms with Crippen LogP contribution < -0.4 is 9.47 Å². The van der Waals surface area contributed by atoms with Crippen molar-refractivity contribution in [3.8, 4) is 22.6 Å². The zero-order valence-electron chi connectivity index (χ0n) is 25.2. The molecule has 0 aliphatic carbocycles. The summed E-state index contributed by atoms with van der Waals surface area (Å²) in [7, 11) is -0.812. The summed E-state index contributed by atoms with van der Waals surface area (Å²) in [6.45, 7) is 22.7. The molecule has 2 aromatic rings. The second-order valence-corrected chi connectivity index (χ2v) is 17.4. The van der Waals surface area contributed by atoms with Crippen molar-refractivity contribution in [2.75, 3.05) is 20.3 Å². The first kappa shape index (κ1) is 30.4. The van der Waals surface area contributed by atoms with Crippen molar-refractivity contribution >= 4 is 21.0 Å². The SMILES string of the molecule is CCCOc1cc(-c2cncc(C(=CB3OC(C)(C)C(C)(C)O3)CO[Si](C)(C)C(C)(C)C)c2)ccc1OC. The Morgan fingerprint density at radius 3 is 2.24 bits per heavy atom. The average Bonchev–Trinajstić information content (AvgIpc) is 3.05. The molecule has 0 saturated carbocycles. The number of nitrogens with zero attached hydrogens (tertiary/aromatic N) is 1. The fraction of sp³-hybridized carbons (Fsp3) is 0.567. The van der Waals surface area contributed by atoms with E-state index in [0.29, 0.717) is 13.2 Å². The molecule has 0 N–H and O–H groups in total. The van der Waals surface area contributed by atoms with Crippen molar-refractivity contribution in [2.24, 2.45) is 0 Å². The summed E-state index contributed by atoms with van der Waals surface area (Å²) >= 11 is 0. The first-order valence-electron chi connectivity index (χ1n) is 13.6. The van der Waals surface area contributed by atoms with E-state index in [-0.39, 0.29) is 5.04 Å². The number of hydrogen-bond acceptors (Lipinski definition) is 6. The minimum atomic E-state index is -1.99. The van der Waals surface area contributed by atoms with Crippen molar-refractivity contribution in [1.82, 2.24) is 4.98 Å². The molecule has 1 aromatic carbocycles. The van der Waals surface area contributed by atoms with Crippen molar-refractivity contribution in [3.05, 3.63) is 48.2 Å². The maximum atomic E-state index is 6.66. The standard InChI is InChI=1S/C30H46BNO5Si/c1-12-15-34-27-17-22(13-14-26(27)33-9)23-16-24(20-32-19-23)25(21-35-38(10,11)28(2,3)4)18-31-36-29(5,6)30(7,8)37-31/h13-14,16-20H,12,15,21H2,1-11H3. The Kier molecular flexibility index (Phi) is 9.24. The highest BCUT2D eigenvalue weighted by Crippen LogP contribution is 2.40. The quantitative estimate of drug-likeness (QED) is 0.290. The predicted octanol–water partition coefficient (Wildman–Crippen LogP) is 7.58. The van der Waals surface area contributed by atoms with Gasteiger partial charge in [-0.05, 0) is 93.1 Å². The topological polar surface area (TPSA) is 59.0 Å². The van der Waals surface area contributed by atoms with E-state index >= 15 is 0 Å². The van der Waals surface area contributed by atoms with E-state index in [4.69, 9.17) is 23.2 Å². The minimum Gasteiger partial charge on any atom is -0.493 e. The lowest BCUT2D eigenvalue weighted by Crippen LogP contribution is -2.41. The van der Waals surface area contributed by atoms with Gasteiger partial charge in [-0.15, -0.1) is 0 Å². The fourth-order valence-electron chi connectivity index (χ4n) is 3.78. The van der Waals surface area contributed by atoms with E-state index in [1.165, 1.54) is 0 Å². The number of hydrogen-bond donors (Lipinski definition) is 0. The summed E-state index contributed by atoms with van der Waals surface area (Å²) in [6.07, 6.45) is 4.68. The van der Waals surface area contributed by atoms with Crippen LogP contribution in [0.2, 0.25) is 18.1 Å². The zero-order valence-corrected chi connectivity index (χ0v) is 26.2. The highest BCUT2D eigenvalue weighted by atomic mass is 28.4. The fourth-order valence-corrected chi connectivity index (χ4v) is 4.73. The summed E-state index contributed by atoms with van der Waals surface area (Å²) in [6, 6.07) is 8.13. The van der Waals surface area contributed by atoms with Crippen LogP contribution >= 0.6 is 0 Å². The van der Waals surface area contributed by atoms with Gasteiger partial charge in [0, 0.05) is 18.0 Å². The first-order valence-corrected chi connectivity index (χ1v) is 16.5. The molecule has 0 amide bonds. The normalized spacial score (nSPS) is 17.6. The molecule has 0 spiro atoms. The highest BCUT2D eigenvalue weighted by Gasteiger charge is 2.50.